The summed E-state index contributed by atoms with van der Waals surface area (Å²) in [5, 5.41) is 14.6. The van der Waals surface area contributed by atoms with Crippen LogP contribution in [0.3, 0.4) is 0 Å². The largest absolute Gasteiger partial charge is 0.487 e. The van der Waals surface area contributed by atoms with E-state index in [1.807, 2.05) is 30.3 Å². The Morgan fingerprint density at radius 2 is 2.05 bits per heavy atom. The Balaban J connectivity index is 1.96. The quantitative estimate of drug-likeness (QED) is 0.734. The summed E-state index contributed by atoms with van der Waals surface area (Å²) in [7, 11) is 1.66. The van der Waals surface area contributed by atoms with Crippen molar-refractivity contribution in [2.75, 3.05) is 0 Å². The molecule has 20 heavy (non-hydrogen) atoms. The van der Waals surface area contributed by atoms with Gasteiger partial charge in [0.25, 0.3) is 0 Å². The third-order valence-corrected chi connectivity index (χ3v) is 3.09. The van der Waals surface area contributed by atoms with Gasteiger partial charge in [0.1, 0.15) is 17.9 Å². The highest BCUT2D eigenvalue weighted by atomic mass is 16.5. The number of pyridine rings is 1. The van der Waals surface area contributed by atoms with Crippen LogP contribution < -0.4 is 10.3 Å². The molecule has 2 heterocycles. The number of para-hydroxylation sites is 1. The van der Waals surface area contributed by atoms with Crippen LogP contribution in [-0.4, -0.2) is 19.7 Å². The first-order valence-corrected chi connectivity index (χ1v) is 6.10. The van der Waals surface area contributed by atoms with Gasteiger partial charge >= 0.3 is 5.56 Å². The predicted molar refractivity (Wildman–Crippen MR) is 72.9 cm³/mol. The highest BCUT2D eigenvalue weighted by molar-refractivity contribution is 5.77. The maximum absolute atomic E-state index is 12.0. The average Bonchev–Trinajstić information content (AvgIpc) is 2.84. The smallest absolute Gasteiger partial charge is 0.309 e. The van der Waals surface area contributed by atoms with E-state index in [2.05, 4.69) is 5.10 Å². The van der Waals surface area contributed by atoms with Gasteiger partial charge in [-0.15, -0.1) is 4.73 Å². The van der Waals surface area contributed by atoms with Gasteiger partial charge in [-0.1, -0.05) is 18.2 Å². The monoisotopic (exact) mass is 271 g/mol. The highest BCUT2D eigenvalue weighted by Crippen LogP contribution is 2.14. The second-order valence-electron chi connectivity index (χ2n) is 4.43. The number of ether oxygens (including phenoxy) is 1. The number of aromatic nitrogens is 3. The summed E-state index contributed by atoms with van der Waals surface area (Å²) in [6.07, 6.45) is 1.59. The molecule has 1 N–H and O–H groups in total. The van der Waals surface area contributed by atoms with Crippen molar-refractivity contribution in [1.82, 2.24) is 14.5 Å². The Bertz CT molecular complexity index is 806. The van der Waals surface area contributed by atoms with Gasteiger partial charge in [-0.2, -0.15) is 5.10 Å². The highest BCUT2D eigenvalue weighted by Gasteiger charge is 2.12. The van der Waals surface area contributed by atoms with E-state index < -0.39 is 5.56 Å². The van der Waals surface area contributed by atoms with Crippen LogP contribution in [0, 0.1) is 0 Å². The molecule has 0 unspecified atom stereocenters. The molecule has 2 aromatic heterocycles. The van der Waals surface area contributed by atoms with Crippen molar-refractivity contribution in [2.24, 2.45) is 7.05 Å². The van der Waals surface area contributed by atoms with Gasteiger partial charge in [0, 0.05) is 12.4 Å². The van der Waals surface area contributed by atoms with Crippen molar-refractivity contribution in [1.29, 1.82) is 0 Å². The molecule has 6 nitrogen and oxygen atoms in total. The summed E-state index contributed by atoms with van der Waals surface area (Å²) in [4.78, 5) is 12.0. The van der Waals surface area contributed by atoms with Crippen molar-refractivity contribution in [2.45, 2.75) is 6.61 Å². The fourth-order valence-corrected chi connectivity index (χ4v) is 2.07. The standard InChI is InChI=1S/C14H13N3O3/c1-16-13-10(8-15-16)7-11(17(19)14(13)18)9-20-12-5-3-2-4-6-12/h2-8,19H,9H2,1H3. The zero-order chi connectivity index (χ0) is 14.1. The van der Waals surface area contributed by atoms with Gasteiger partial charge in [-0.05, 0) is 18.2 Å². The van der Waals surface area contributed by atoms with E-state index in [4.69, 9.17) is 4.74 Å². The van der Waals surface area contributed by atoms with Crippen LogP contribution in [0.1, 0.15) is 5.69 Å². The van der Waals surface area contributed by atoms with E-state index >= 15 is 0 Å². The average molecular weight is 271 g/mol. The first-order chi connectivity index (χ1) is 9.66. The Morgan fingerprint density at radius 3 is 2.80 bits per heavy atom. The third-order valence-electron chi connectivity index (χ3n) is 3.09. The van der Waals surface area contributed by atoms with E-state index in [1.165, 1.54) is 4.68 Å². The Kier molecular flexibility index (Phi) is 2.90. The lowest BCUT2D eigenvalue weighted by molar-refractivity contribution is 0.149. The maximum atomic E-state index is 12.0. The molecule has 0 bridgehead atoms. The number of hydrogen-bond donors (Lipinski definition) is 1. The van der Waals surface area contributed by atoms with Crippen LogP contribution in [0.25, 0.3) is 10.9 Å². The summed E-state index contributed by atoms with van der Waals surface area (Å²) >= 11 is 0. The first-order valence-electron chi connectivity index (χ1n) is 6.10. The Hall–Kier alpha value is -2.76. The summed E-state index contributed by atoms with van der Waals surface area (Å²) < 4.78 is 7.58. The molecular weight excluding hydrogens is 258 g/mol. The Labute approximate surface area is 114 Å². The molecule has 3 rings (SSSR count). The number of hydrogen-bond acceptors (Lipinski definition) is 4. The molecule has 0 saturated carbocycles. The lowest BCUT2D eigenvalue weighted by atomic mass is 10.2. The molecule has 3 aromatic rings. The molecule has 6 heteroatoms. The normalized spacial score (nSPS) is 10.8. The number of benzene rings is 1. The van der Waals surface area contributed by atoms with E-state index in [-0.39, 0.29) is 6.61 Å². The molecular formula is C14H13N3O3. The van der Waals surface area contributed by atoms with E-state index in [0.717, 1.165) is 0 Å². The lowest BCUT2D eigenvalue weighted by Gasteiger charge is -2.09. The zero-order valence-corrected chi connectivity index (χ0v) is 10.9. The zero-order valence-electron chi connectivity index (χ0n) is 10.9. The van der Waals surface area contributed by atoms with Crippen molar-refractivity contribution in [3.05, 3.63) is 58.6 Å². The molecule has 0 fully saturated rings. The fraction of sp³-hybridized carbons (Fsp3) is 0.143. The van der Waals surface area contributed by atoms with E-state index in [0.29, 0.717) is 27.1 Å². The van der Waals surface area contributed by atoms with Crippen LogP contribution in [0.2, 0.25) is 0 Å². The summed E-state index contributed by atoms with van der Waals surface area (Å²) in [6, 6.07) is 10.9. The van der Waals surface area contributed by atoms with Gasteiger partial charge < -0.3 is 9.94 Å². The van der Waals surface area contributed by atoms with Crippen LogP contribution in [0.15, 0.2) is 47.4 Å². The SMILES string of the molecule is Cn1ncc2cc(COc3ccccc3)n(O)c(=O)c21. The molecule has 102 valence electrons. The summed E-state index contributed by atoms with van der Waals surface area (Å²) in [5.41, 5.74) is 0.226. The molecule has 0 aliphatic heterocycles. The van der Waals surface area contributed by atoms with Crippen molar-refractivity contribution in [3.8, 4) is 5.75 Å². The number of rotatable bonds is 3. The van der Waals surface area contributed by atoms with Gasteiger partial charge in [0.2, 0.25) is 0 Å². The molecule has 0 radical (unpaired) electrons. The topological polar surface area (TPSA) is 69.3 Å². The predicted octanol–water partition coefficient (Wildman–Crippen LogP) is 1.55. The van der Waals surface area contributed by atoms with Crippen LogP contribution in [0.4, 0.5) is 0 Å². The molecule has 0 atom stereocenters. The van der Waals surface area contributed by atoms with Gasteiger partial charge in [-0.3, -0.25) is 9.48 Å². The Morgan fingerprint density at radius 1 is 1.30 bits per heavy atom. The van der Waals surface area contributed by atoms with Crippen molar-refractivity contribution >= 4 is 10.9 Å². The second-order valence-corrected chi connectivity index (χ2v) is 4.43. The van der Waals surface area contributed by atoms with Gasteiger partial charge in [0.15, 0.2) is 0 Å². The maximum Gasteiger partial charge on any atom is 0.309 e. The lowest BCUT2D eigenvalue weighted by Crippen LogP contribution is -2.23. The summed E-state index contributed by atoms with van der Waals surface area (Å²) in [5.74, 6) is 0.672. The van der Waals surface area contributed by atoms with E-state index in [9.17, 15) is 10.0 Å². The van der Waals surface area contributed by atoms with Crippen LogP contribution in [-0.2, 0) is 13.7 Å². The third kappa shape index (κ3) is 2.01. The van der Waals surface area contributed by atoms with Crippen molar-refractivity contribution < 1.29 is 9.94 Å². The number of fused-ring (bicyclic) bond motifs is 1. The van der Waals surface area contributed by atoms with Crippen molar-refractivity contribution in [3.63, 3.8) is 0 Å². The van der Waals surface area contributed by atoms with Crippen LogP contribution >= 0.6 is 0 Å². The second kappa shape index (κ2) is 4.73. The van der Waals surface area contributed by atoms with Gasteiger partial charge in [-0.25, -0.2) is 0 Å². The fourth-order valence-electron chi connectivity index (χ4n) is 2.07. The number of aryl methyl sites for hydroxylation is 1. The minimum absolute atomic E-state index is 0.0978. The molecule has 0 amide bonds. The molecule has 1 aromatic carbocycles. The first kappa shape index (κ1) is 12.3. The van der Waals surface area contributed by atoms with Crippen LogP contribution in [0.5, 0.6) is 5.75 Å². The molecule has 0 aliphatic rings. The van der Waals surface area contributed by atoms with E-state index in [1.54, 1.807) is 19.3 Å². The minimum atomic E-state index is -0.505. The molecule has 0 spiro atoms. The molecule has 0 saturated heterocycles. The summed E-state index contributed by atoms with van der Waals surface area (Å²) in [6.45, 7) is 0.0978. The molecule has 0 aliphatic carbocycles. The minimum Gasteiger partial charge on any atom is -0.487 e. The number of nitrogens with zero attached hydrogens (tertiary/aromatic N) is 3. The van der Waals surface area contributed by atoms with Gasteiger partial charge in [0.05, 0.1) is 11.9 Å².